The third-order valence-corrected chi connectivity index (χ3v) is 3.45. The summed E-state index contributed by atoms with van der Waals surface area (Å²) in [5.41, 5.74) is 2.00. The molecule has 1 rings (SSSR count). The fourth-order valence-electron chi connectivity index (χ4n) is 2.08. The van der Waals surface area contributed by atoms with Crippen LogP contribution in [0.2, 0.25) is 0 Å². The van der Waals surface area contributed by atoms with E-state index >= 15 is 0 Å². The zero-order chi connectivity index (χ0) is 18.3. The van der Waals surface area contributed by atoms with E-state index < -0.39 is 0 Å². The number of nitrogens with zero attached hydrogens (tertiary/aromatic N) is 1. The van der Waals surface area contributed by atoms with E-state index in [0.717, 1.165) is 18.5 Å². The first-order valence-electron chi connectivity index (χ1n) is 8.59. The average Bonchev–Trinajstić information content (AvgIpc) is 2.63. The van der Waals surface area contributed by atoms with Gasteiger partial charge in [-0.1, -0.05) is 19.1 Å². The molecule has 148 valence electrons. The van der Waals surface area contributed by atoms with Crippen LogP contribution in [0.1, 0.15) is 18.9 Å². The minimum Gasteiger partial charge on any atom is -0.382 e. The van der Waals surface area contributed by atoms with Crippen molar-refractivity contribution >= 4 is 41.5 Å². The topological polar surface area (TPSA) is 84.0 Å². The number of hydrogen-bond donors (Lipinski definition) is 3. The van der Waals surface area contributed by atoms with E-state index in [9.17, 15) is 4.79 Å². The van der Waals surface area contributed by atoms with Crippen LogP contribution in [-0.4, -0.2) is 58.9 Å². The van der Waals surface area contributed by atoms with Gasteiger partial charge in [-0.05, 0) is 30.5 Å². The number of methoxy groups -OCH3 is 1. The Balaban J connectivity index is 0.00000625. The molecule has 0 aromatic heterocycles. The van der Waals surface area contributed by atoms with Gasteiger partial charge < -0.3 is 25.4 Å². The minimum absolute atomic E-state index is 0. The number of aliphatic imine (C=N–C) groups is 1. The molecule has 0 saturated heterocycles. The molecule has 1 aromatic rings. The highest BCUT2D eigenvalue weighted by Gasteiger charge is 2.04. The summed E-state index contributed by atoms with van der Waals surface area (Å²) in [6, 6.07) is 7.85. The summed E-state index contributed by atoms with van der Waals surface area (Å²) in [4.78, 5) is 16.1. The van der Waals surface area contributed by atoms with E-state index in [1.807, 2.05) is 24.3 Å². The number of anilines is 1. The molecule has 0 aliphatic rings. The summed E-state index contributed by atoms with van der Waals surface area (Å²) in [7, 11) is 3.32. The zero-order valence-electron chi connectivity index (χ0n) is 15.8. The van der Waals surface area contributed by atoms with Crippen LogP contribution in [-0.2, 0) is 20.7 Å². The van der Waals surface area contributed by atoms with Crippen molar-refractivity contribution in [2.24, 2.45) is 4.99 Å². The van der Waals surface area contributed by atoms with E-state index in [-0.39, 0.29) is 36.4 Å². The van der Waals surface area contributed by atoms with Gasteiger partial charge in [-0.3, -0.25) is 9.79 Å². The first-order chi connectivity index (χ1) is 12.2. The molecule has 0 bridgehead atoms. The van der Waals surface area contributed by atoms with Crippen LogP contribution in [0.15, 0.2) is 29.3 Å². The lowest BCUT2D eigenvalue weighted by atomic mass is 10.1. The molecule has 26 heavy (non-hydrogen) atoms. The number of carbonyl (C=O) groups excluding carboxylic acids is 1. The number of nitrogens with one attached hydrogen (secondary N) is 3. The van der Waals surface area contributed by atoms with Crippen molar-refractivity contribution in [1.29, 1.82) is 0 Å². The minimum atomic E-state index is -0.112. The normalized spacial score (nSPS) is 10.8. The summed E-state index contributed by atoms with van der Waals surface area (Å²) in [5.74, 6) is 0.480. The van der Waals surface area contributed by atoms with Gasteiger partial charge in [0.25, 0.3) is 0 Å². The monoisotopic (exact) mass is 478 g/mol. The third kappa shape index (κ3) is 11.3. The van der Waals surface area contributed by atoms with Crippen molar-refractivity contribution in [3.05, 3.63) is 29.8 Å². The molecule has 1 aromatic carbocycles. The molecule has 0 unspecified atom stereocenters. The highest BCUT2D eigenvalue weighted by Crippen LogP contribution is 2.10. The number of hydrogen-bond acceptors (Lipinski definition) is 4. The van der Waals surface area contributed by atoms with E-state index in [4.69, 9.17) is 9.47 Å². The molecule has 0 aliphatic carbocycles. The summed E-state index contributed by atoms with van der Waals surface area (Å²) < 4.78 is 10.3. The molecule has 0 fully saturated rings. The van der Waals surface area contributed by atoms with Crippen LogP contribution in [0.5, 0.6) is 0 Å². The van der Waals surface area contributed by atoms with Crippen molar-refractivity contribution in [3.8, 4) is 0 Å². The van der Waals surface area contributed by atoms with Gasteiger partial charge in [0.05, 0.1) is 19.8 Å². The van der Waals surface area contributed by atoms with Crippen LogP contribution in [0, 0.1) is 0 Å². The maximum absolute atomic E-state index is 12.0. The fraction of sp³-hybridized carbons (Fsp3) is 0.556. The number of ether oxygens (including phenoxy) is 2. The number of carbonyl (C=O) groups is 1. The number of amides is 1. The van der Waals surface area contributed by atoms with Gasteiger partial charge in [0, 0.05) is 33.0 Å². The number of halogens is 1. The van der Waals surface area contributed by atoms with Gasteiger partial charge in [0.15, 0.2) is 5.96 Å². The first kappa shape index (κ1) is 24.6. The van der Waals surface area contributed by atoms with Gasteiger partial charge in [-0.15, -0.1) is 24.0 Å². The molecule has 0 heterocycles. The van der Waals surface area contributed by atoms with Gasteiger partial charge in [-0.2, -0.15) is 0 Å². The van der Waals surface area contributed by atoms with Crippen molar-refractivity contribution in [1.82, 2.24) is 10.6 Å². The highest BCUT2D eigenvalue weighted by atomic mass is 127. The second-order valence-corrected chi connectivity index (χ2v) is 5.41. The molecular weight excluding hydrogens is 447 g/mol. The first-order valence-corrected chi connectivity index (χ1v) is 8.59. The molecule has 3 N–H and O–H groups in total. The Morgan fingerprint density at radius 1 is 1.19 bits per heavy atom. The van der Waals surface area contributed by atoms with Crippen molar-refractivity contribution in [3.63, 3.8) is 0 Å². The Bertz CT molecular complexity index is 541. The van der Waals surface area contributed by atoms with Gasteiger partial charge in [-0.25, -0.2) is 0 Å². The molecule has 0 spiro atoms. The number of aryl methyl sites for hydroxylation is 1. The van der Waals surface area contributed by atoms with Crippen LogP contribution in [0.3, 0.4) is 0 Å². The molecule has 0 aliphatic heterocycles. The van der Waals surface area contributed by atoms with Gasteiger partial charge in [0.2, 0.25) is 5.91 Å². The Kier molecular flexibility index (Phi) is 15.0. The van der Waals surface area contributed by atoms with Crippen LogP contribution < -0.4 is 16.0 Å². The second-order valence-electron chi connectivity index (χ2n) is 5.41. The lowest BCUT2D eigenvalue weighted by Gasteiger charge is -2.12. The predicted octanol–water partition coefficient (Wildman–Crippen LogP) is 2.02. The lowest BCUT2D eigenvalue weighted by molar-refractivity contribution is -0.115. The SMILES string of the molecule is CCc1cccc(NC(=O)CNC(=NC)NCCCOCCOC)c1.I. The summed E-state index contributed by atoms with van der Waals surface area (Å²) in [5, 5.41) is 9.02. The van der Waals surface area contributed by atoms with Gasteiger partial charge in [0.1, 0.15) is 0 Å². The van der Waals surface area contributed by atoms with E-state index in [1.54, 1.807) is 14.2 Å². The Hall–Kier alpha value is -1.39. The zero-order valence-corrected chi connectivity index (χ0v) is 18.2. The largest absolute Gasteiger partial charge is 0.382 e. The maximum Gasteiger partial charge on any atom is 0.243 e. The summed E-state index contributed by atoms with van der Waals surface area (Å²) in [6.07, 6.45) is 1.79. The van der Waals surface area contributed by atoms with Gasteiger partial charge >= 0.3 is 0 Å². The molecule has 0 saturated carbocycles. The molecule has 1 amide bonds. The van der Waals surface area contributed by atoms with Crippen LogP contribution >= 0.6 is 24.0 Å². The fourth-order valence-corrected chi connectivity index (χ4v) is 2.08. The molecule has 0 radical (unpaired) electrons. The maximum atomic E-state index is 12.0. The van der Waals surface area contributed by atoms with Crippen molar-refractivity contribution in [2.45, 2.75) is 19.8 Å². The molecule has 0 atom stereocenters. The van der Waals surface area contributed by atoms with Crippen molar-refractivity contribution < 1.29 is 14.3 Å². The third-order valence-electron chi connectivity index (χ3n) is 3.45. The number of rotatable bonds is 11. The molecular formula is C18H31IN4O3. The van der Waals surface area contributed by atoms with E-state index in [2.05, 4.69) is 27.9 Å². The molecule has 7 nitrogen and oxygen atoms in total. The predicted molar refractivity (Wildman–Crippen MR) is 117 cm³/mol. The van der Waals surface area contributed by atoms with Crippen LogP contribution in [0.25, 0.3) is 0 Å². The highest BCUT2D eigenvalue weighted by molar-refractivity contribution is 14.0. The summed E-state index contributed by atoms with van der Waals surface area (Å²) in [6.45, 7) is 4.81. The summed E-state index contributed by atoms with van der Waals surface area (Å²) >= 11 is 0. The number of guanidine groups is 1. The van der Waals surface area contributed by atoms with Crippen LogP contribution in [0.4, 0.5) is 5.69 Å². The Morgan fingerprint density at radius 2 is 2.00 bits per heavy atom. The Labute approximate surface area is 173 Å². The van der Waals surface area contributed by atoms with E-state index in [1.165, 1.54) is 5.56 Å². The lowest BCUT2D eigenvalue weighted by Crippen LogP contribution is -2.41. The quantitative estimate of drug-likeness (QED) is 0.196. The van der Waals surface area contributed by atoms with E-state index in [0.29, 0.717) is 32.3 Å². The van der Waals surface area contributed by atoms with Crippen molar-refractivity contribution in [2.75, 3.05) is 52.4 Å². The standard InChI is InChI=1S/C18H30N4O3.HI/c1-4-15-7-5-8-16(13-15)22-17(23)14-21-18(19-2)20-9-6-10-25-12-11-24-3;/h5,7-8,13H,4,6,9-12,14H2,1-3H3,(H,22,23)(H2,19,20,21);1H. The Morgan fingerprint density at radius 3 is 2.69 bits per heavy atom. The average molecular weight is 478 g/mol. The number of benzene rings is 1. The second kappa shape index (κ2) is 15.8. The molecule has 8 heteroatoms. The smallest absolute Gasteiger partial charge is 0.243 e.